The van der Waals surface area contributed by atoms with E-state index in [4.69, 9.17) is 0 Å². The van der Waals surface area contributed by atoms with Crippen molar-refractivity contribution in [1.82, 2.24) is 0 Å². The van der Waals surface area contributed by atoms with Crippen molar-refractivity contribution in [3.8, 4) is 0 Å². The molecular formula is C10H17N. The lowest BCUT2D eigenvalue weighted by atomic mass is 10.00. The van der Waals surface area contributed by atoms with Gasteiger partial charge < -0.3 is 0 Å². The molecule has 0 N–H and O–H groups in total. The Bertz CT molecular complexity index is 164. The van der Waals surface area contributed by atoms with Crippen molar-refractivity contribution in [2.45, 2.75) is 20.3 Å². The Balaban J connectivity index is 4.18. The van der Waals surface area contributed by atoms with Gasteiger partial charge >= 0.3 is 0 Å². The zero-order valence-corrected chi connectivity index (χ0v) is 7.67. The second kappa shape index (κ2) is 5.90. The zero-order valence-electron chi connectivity index (χ0n) is 7.67. The molecule has 0 amide bonds. The van der Waals surface area contributed by atoms with Gasteiger partial charge in [0.25, 0.3) is 0 Å². The quantitative estimate of drug-likeness (QED) is 0.433. The van der Waals surface area contributed by atoms with Crippen LogP contribution >= 0.6 is 0 Å². The summed E-state index contributed by atoms with van der Waals surface area (Å²) in [7, 11) is 1.78. The molecule has 1 nitrogen and oxygen atoms in total. The molecular weight excluding hydrogens is 134 g/mol. The van der Waals surface area contributed by atoms with Crippen molar-refractivity contribution in [2.75, 3.05) is 7.05 Å². The first-order valence-corrected chi connectivity index (χ1v) is 3.94. The molecule has 11 heavy (non-hydrogen) atoms. The summed E-state index contributed by atoms with van der Waals surface area (Å²) in [5.74, 6) is 0.589. The average Bonchev–Trinajstić information content (AvgIpc) is 1.97. The molecule has 1 heteroatoms. The molecule has 0 aromatic carbocycles. The SMILES string of the molecule is C=CC/C(=C\C=N/C)C(C)C. The molecule has 0 bridgehead atoms. The Labute approximate surface area is 69.5 Å². The van der Waals surface area contributed by atoms with Gasteiger partial charge in [0.1, 0.15) is 0 Å². The van der Waals surface area contributed by atoms with Crippen LogP contribution in [-0.2, 0) is 0 Å². The van der Waals surface area contributed by atoms with Gasteiger partial charge in [-0.1, -0.05) is 25.5 Å². The maximum Gasteiger partial charge on any atom is 0.0277 e. The normalized spacial score (nSPS) is 12.9. The van der Waals surface area contributed by atoms with E-state index in [1.54, 1.807) is 7.05 Å². The summed E-state index contributed by atoms with van der Waals surface area (Å²) in [6, 6.07) is 0. The van der Waals surface area contributed by atoms with Crippen LogP contribution in [0.15, 0.2) is 29.3 Å². The lowest BCUT2D eigenvalue weighted by Crippen LogP contribution is -1.92. The van der Waals surface area contributed by atoms with Crippen LogP contribution in [0.25, 0.3) is 0 Å². The summed E-state index contributed by atoms with van der Waals surface area (Å²) in [5.41, 5.74) is 1.38. The molecule has 0 rings (SSSR count). The third-order valence-electron chi connectivity index (χ3n) is 1.56. The monoisotopic (exact) mass is 151 g/mol. The second-order valence-corrected chi connectivity index (χ2v) is 2.80. The van der Waals surface area contributed by atoms with Crippen LogP contribution in [0.3, 0.4) is 0 Å². The molecule has 0 fully saturated rings. The summed E-state index contributed by atoms with van der Waals surface area (Å²) in [5, 5.41) is 0. The standard InChI is InChI=1S/C10H17N/c1-5-6-10(9(2)3)7-8-11-4/h5,7-9H,1,6H2,2-4H3/b10-7+,11-8-. The summed E-state index contributed by atoms with van der Waals surface area (Å²) in [4.78, 5) is 3.90. The van der Waals surface area contributed by atoms with Crippen molar-refractivity contribution in [1.29, 1.82) is 0 Å². The zero-order chi connectivity index (χ0) is 8.69. The second-order valence-electron chi connectivity index (χ2n) is 2.80. The van der Waals surface area contributed by atoms with Crippen molar-refractivity contribution in [3.05, 3.63) is 24.3 Å². The van der Waals surface area contributed by atoms with Gasteiger partial charge in [0.15, 0.2) is 0 Å². The highest BCUT2D eigenvalue weighted by molar-refractivity contribution is 5.72. The Morgan fingerprint density at radius 2 is 2.18 bits per heavy atom. The third-order valence-corrected chi connectivity index (χ3v) is 1.56. The Morgan fingerprint density at radius 3 is 2.55 bits per heavy atom. The minimum Gasteiger partial charge on any atom is -0.297 e. The minimum atomic E-state index is 0.589. The third kappa shape index (κ3) is 4.54. The fourth-order valence-corrected chi connectivity index (χ4v) is 0.833. The van der Waals surface area contributed by atoms with E-state index in [2.05, 4.69) is 31.5 Å². The number of hydrogen-bond acceptors (Lipinski definition) is 1. The van der Waals surface area contributed by atoms with E-state index in [0.29, 0.717) is 5.92 Å². The Morgan fingerprint density at radius 1 is 1.55 bits per heavy atom. The van der Waals surface area contributed by atoms with Gasteiger partial charge in [0.2, 0.25) is 0 Å². The van der Waals surface area contributed by atoms with E-state index < -0.39 is 0 Å². The molecule has 0 spiro atoms. The van der Waals surface area contributed by atoms with E-state index >= 15 is 0 Å². The number of hydrogen-bond donors (Lipinski definition) is 0. The smallest absolute Gasteiger partial charge is 0.0277 e. The number of nitrogens with zero attached hydrogens (tertiary/aromatic N) is 1. The highest BCUT2D eigenvalue weighted by atomic mass is 14.6. The summed E-state index contributed by atoms with van der Waals surface area (Å²) in [6.07, 6.45) is 6.78. The first-order valence-electron chi connectivity index (χ1n) is 3.94. The van der Waals surface area contributed by atoms with Gasteiger partial charge in [-0.05, 0) is 18.4 Å². The summed E-state index contributed by atoms with van der Waals surface area (Å²) < 4.78 is 0. The molecule has 0 heterocycles. The highest BCUT2D eigenvalue weighted by Crippen LogP contribution is 2.12. The number of aliphatic imine (C=N–C) groups is 1. The fraction of sp³-hybridized carbons (Fsp3) is 0.500. The molecule has 0 aromatic heterocycles. The average molecular weight is 151 g/mol. The van der Waals surface area contributed by atoms with E-state index in [1.807, 2.05) is 12.3 Å². The van der Waals surface area contributed by atoms with Crippen molar-refractivity contribution in [3.63, 3.8) is 0 Å². The molecule has 62 valence electrons. The summed E-state index contributed by atoms with van der Waals surface area (Å²) >= 11 is 0. The first-order chi connectivity index (χ1) is 5.22. The predicted molar refractivity (Wildman–Crippen MR) is 52.2 cm³/mol. The highest BCUT2D eigenvalue weighted by Gasteiger charge is 1.98. The Kier molecular flexibility index (Phi) is 5.44. The van der Waals surface area contributed by atoms with Crippen molar-refractivity contribution in [2.24, 2.45) is 10.9 Å². The lowest BCUT2D eigenvalue weighted by molar-refractivity contribution is 0.749. The van der Waals surface area contributed by atoms with Gasteiger partial charge in [-0.2, -0.15) is 0 Å². The fourth-order valence-electron chi connectivity index (χ4n) is 0.833. The van der Waals surface area contributed by atoms with Gasteiger partial charge in [-0.3, -0.25) is 4.99 Å². The molecule has 0 aliphatic carbocycles. The molecule has 0 atom stereocenters. The molecule has 0 aliphatic rings. The lowest BCUT2D eigenvalue weighted by Gasteiger charge is -2.06. The van der Waals surface area contributed by atoms with Crippen LogP contribution in [0.1, 0.15) is 20.3 Å². The van der Waals surface area contributed by atoms with Crippen LogP contribution < -0.4 is 0 Å². The Hall–Kier alpha value is -0.850. The van der Waals surface area contributed by atoms with Crippen molar-refractivity contribution < 1.29 is 0 Å². The maximum absolute atomic E-state index is 3.90. The van der Waals surface area contributed by atoms with Crippen LogP contribution in [0.4, 0.5) is 0 Å². The van der Waals surface area contributed by atoms with Gasteiger partial charge in [-0.15, -0.1) is 6.58 Å². The topological polar surface area (TPSA) is 12.4 Å². The van der Waals surface area contributed by atoms with Crippen LogP contribution in [0.2, 0.25) is 0 Å². The molecule has 0 unspecified atom stereocenters. The minimum absolute atomic E-state index is 0.589. The van der Waals surface area contributed by atoms with Crippen molar-refractivity contribution >= 4 is 6.21 Å². The van der Waals surface area contributed by atoms with Crippen LogP contribution in [0.5, 0.6) is 0 Å². The van der Waals surface area contributed by atoms with E-state index in [0.717, 1.165) is 6.42 Å². The predicted octanol–water partition coefficient (Wildman–Crippen LogP) is 2.85. The van der Waals surface area contributed by atoms with Crippen LogP contribution in [0, 0.1) is 5.92 Å². The van der Waals surface area contributed by atoms with E-state index in [9.17, 15) is 0 Å². The molecule has 0 radical (unpaired) electrons. The van der Waals surface area contributed by atoms with Gasteiger partial charge in [0.05, 0.1) is 0 Å². The largest absolute Gasteiger partial charge is 0.297 e. The van der Waals surface area contributed by atoms with E-state index in [1.165, 1.54) is 5.57 Å². The number of allylic oxidation sites excluding steroid dienone is 3. The molecule has 0 aliphatic heterocycles. The van der Waals surface area contributed by atoms with Gasteiger partial charge in [0, 0.05) is 13.3 Å². The summed E-state index contributed by atoms with van der Waals surface area (Å²) in [6.45, 7) is 8.06. The van der Waals surface area contributed by atoms with E-state index in [-0.39, 0.29) is 0 Å². The first kappa shape index (κ1) is 10.2. The van der Waals surface area contributed by atoms with Gasteiger partial charge in [-0.25, -0.2) is 0 Å². The molecule has 0 saturated heterocycles. The molecule has 0 aromatic rings. The molecule has 0 saturated carbocycles. The number of rotatable bonds is 4. The maximum atomic E-state index is 3.90. The van der Waals surface area contributed by atoms with Crippen LogP contribution in [-0.4, -0.2) is 13.3 Å².